The van der Waals surface area contributed by atoms with Gasteiger partial charge in [0.05, 0.1) is 11.1 Å². The predicted octanol–water partition coefficient (Wildman–Crippen LogP) is 5.16. The molecule has 2 unspecified atom stereocenters. The van der Waals surface area contributed by atoms with Gasteiger partial charge in [0.2, 0.25) is 0 Å². The molecule has 0 aliphatic heterocycles. The van der Waals surface area contributed by atoms with Gasteiger partial charge in [0.15, 0.2) is 6.29 Å². The zero-order chi connectivity index (χ0) is 16.4. The van der Waals surface area contributed by atoms with Gasteiger partial charge in [0.1, 0.15) is 5.82 Å². The van der Waals surface area contributed by atoms with Crippen LogP contribution in [0.15, 0.2) is 36.5 Å². The van der Waals surface area contributed by atoms with E-state index in [0.29, 0.717) is 23.7 Å². The number of aromatic nitrogens is 1. The highest BCUT2D eigenvalue weighted by Crippen LogP contribution is 2.56. The molecule has 0 amide bonds. The third kappa shape index (κ3) is 1.67. The van der Waals surface area contributed by atoms with E-state index < -0.39 is 5.82 Å². The van der Waals surface area contributed by atoms with E-state index in [0.717, 1.165) is 10.9 Å². The molecule has 24 heavy (non-hydrogen) atoms. The zero-order valence-electron chi connectivity index (χ0n) is 13.6. The van der Waals surface area contributed by atoms with E-state index in [1.54, 1.807) is 12.1 Å². The first-order chi connectivity index (χ1) is 11.7. The van der Waals surface area contributed by atoms with Gasteiger partial charge in [-0.1, -0.05) is 12.1 Å². The molecule has 2 aliphatic rings. The van der Waals surface area contributed by atoms with Crippen molar-refractivity contribution in [3.63, 3.8) is 0 Å². The van der Waals surface area contributed by atoms with E-state index in [-0.39, 0.29) is 5.56 Å². The molecule has 0 radical (unpaired) electrons. The molecule has 2 bridgehead atoms. The SMILES string of the molecule is Cn1ccc2c(-c3cccc(C=O)c3F)cc3c(c21)C1CCC3C1. The van der Waals surface area contributed by atoms with Crippen LogP contribution in [0, 0.1) is 5.82 Å². The number of carbonyl (C=O) groups is 1. The first-order valence-corrected chi connectivity index (χ1v) is 8.55. The van der Waals surface area contributed by atoms with E-state index in [9.17, 15) is 9.18 Å². The van der Waals surface area contributed by atoms with Crippen molar-refractivity contribution < 1.29 is 9.18 Å². The van der Waals surface area contributed by atoms with Crippen molar-refractivity contribution in [2.24, 2.45) is 7.05 Å². The molecular weight excluding hydrogens is 301 g/mol. The lowest BCUT2D eigenvalue weighted by Crippen LogP contribution is -2.03. The minimum Gasteiger partial charge on any atom is -0.350 e. The molecule has 120 valence electrons. The van der Waals surface area contributed by atoms with Gasteiger partial charge < -0.3 is 4.57 Å². The van der Waals surface area contributed by atoms with Crippen LogP contribution in [-0.4, -0.2) is 10.9 Å². The maximum absolute atomic E-state index is 14.8. The maximum atomic E-state index is 14.8. The monoisotopic (exact) mass is 319 g/mol. The van der Waals surface area contributed by atoms with Crippen molar-refractivity contribution in [2.45, 2.75) is 31.1 Å². The number of halogens is 1. The minimum atomic E-state index is -0.416. The van der Waals surface area contributed by atoms with Crippen LogP contribution >= 0.6 is 0 Å². The maximum Gasteiger partial charge on any atom is 0.153 e. The van der Waals surface area contributed by atoms with Crippen LogP contribution in [0.25, 0.3) is 22.0 Å². The lowest BCUT2D eigenvalue weighted by Gasteiger charge is -2.20. The van der Waals surface area contributed by atoms with Crippen molar-refractivity contribution in [1.82, 2.24) is 4.57 Å². The molecule has 2 nitrogen and oxygen atoms in total. The van der Waals surface area contributed by atoms with Gasteiger partial charge in [-0.25, -0.2) is 4.39 Å². The number of nitrogens with zero attached hydrogens (tertiary/aromatic N) is 1. The number of aldehydes is 1. The number of benzene rings is 2. The molecule has 1 heterocycles. The van der Waals surface area contributed by atoms with Crippen molar-refractivity contribution in [2.75, 3.05) is 0 Å². The van der Waals surface area contributed by atoms with Crippen LogP contribution in [0.4, 0.5) is 4.39 Å². The molecule has 2 aromatic carbocycles. The Morgan fingerprint density at radius 3 is 2.83 bits per heavy atom. The first kappa shape index (κ1) is 14.0. The highest BCUT2D eigenvalue weighted by Gasteiger charge is 2.39. The Balaban J connectivity index is 1.87. The van der Waals surface area contributed by atoms with Gasteiger partial charge >= 0.3 is 0 Å². The summed E-state index contributed by atoms with van der Waals surface area (Å²) < 4.78 is 17.0. The first-order valence-electron chi connectivity index (χ1n) is 8.55. The summed E-state index contributed by atoms with van der Waals surface area (Å²) in [4.78, 5) is 11.1. The fourth-order valence-corrected chi connectivity index (χ4v) is 4.89. The highest BCUT2D eigenvalue weighted by atomic mass is 19.1. The quantitative estimate of drug-likeness (QED) is 0.598. The third-order valence-electron chi connectivity index (χ3n) is 5.96. The Kier molecular flexibility index (Phi) is 2.79. The fraction of sp³-hybridized carbons (Fsp3) is 0.286. The third-order valence-corrected chi connectivity index (χ3v) is 5.96. The minimum absolute atomic E-state index is 0.124. The van der Waals surface area contributed by atoms with Gasteiger partial charge in [0.25, 0.3) is 0 Å². The molecule has 5 rings (SSSR count). The second-order valence-corrected chi connectivity index (χ2v) is 7.15. The molecule has 0 saturated heterocycles. The average molecular weight is 319 g/mol. The predicted molar refractivity (Wildman–Crippen MR) is 93.0 cm³/mol. The Bertz CT molecular complexity index is 1000. The van der Waals surface area contributed by atoms with Crippen LogP contribution in [-0.2, 0) is 7.05 Å². The van der Waals surface area contributed by atoms with E-state index >= 15 is 0 Å². The molecule has 2 aliphatic carbocycles. The molecule has 1 aromatic heterocycles. The van der Waals surface area contributed by atoms with Gasteiger partial charge in [-0.15, -0.1) is 0 Å². The van der Waals surface area contributed by atoms with Crippen LogP contribution in [0.3, 0.4) is 0 Å². The second-order valence-electron chi connectivity index (χ2n) is 7.15. The summed E-state index contributed by atoms with van der Waals surface area (Å²) in [5.74, 6) is 0.849. The summed E-state index contributed by atoms with van der Waals surface area (Å²) in [7, 11) is 2.07. The number of hydrogen-bond donors (Lipinski definition) is 0. The largest absolute Gasteiger partial charge is 0.350 e. The number of carbonyl (C=O) groups excluding carboxylic acids is 1. The molecule has 3 heteroatoms. The van der Waals surface area contributed by atoms with E-state index in [4.69, 9.17) is 0 Å². The van der Waals surface area contributed by atoms with E-state index in [1.807, 2.05) is 0 Å². The van der Waals surface area contributed by atoms with Gasteiger partial charge in [-0.2, -0.15) is 0 Å². The fourth-order valence-electron chi connectivity index (χ4n) is 4.89. The van der Waals surface area contributed by atoms with Crippen molar-refractivity contribution >= 4 is 17.2 Å². The van der Waals surface area contributed by atoms with Crippen LogP contribution < -0.4 is 0 Å². The molecule has 2 atom stereocenters. The molecule has 3 aromatic rings. The summed E-state index contributed by atoms with van der Waals surface area (Å²) in [6, 6.07) is 9.34. The Hall–Kier alpha value is -2.42. The van der Waals surface area contributed by atoms with Crippen LogP contribution in [0.1, 0.15) is 52.6 Å². The highest BCUT2D eigenvalue weighted by molar-refractivity contribution is 6.00. The summed E-state index contributed by atoms with van der Waals surface area (Å²) in [5.41, 5.74) is 5.68. The van der Waals surface area contributed by atoms with Crippen LogP contribution in [0.5, 0.6) is 0 Å². The van der Waals surface area contributed by atoms with Gasteiger partial charge in [-0.05, 0) is 66.0 Å². The molecule has 0 spiro atoms. The topological polar surface area (TPSA) is 22.0 Å². The molecule has 0 N–H and O–H groups in total. The summed E-state index contributed by atoms with van der Waals surface area (Å²) in [6.45, 7) is 0. The van der Waals surface area contributed by atoms with Crippen molar-refractivity contribution in [1.29, 1.82) is 0 Å². The molecule has 1 fully saturated rings. The zero-order valence-corrected chi connectivity index (χ0v) is 13.6. The van der Waals surface area contributed by atoms with Crippen molar-refractivity contribution in [3.05, 3.63) is 59.0 Å². The molecular formula is C21H18FNO. The van der Waals surface area contributed by atoms with Crippen LogP contribution in [0.2, 0.25) is 0 Å². The van der Waals surface area contributed by atoms with Crippen molar-refractivity contribution in [3.8, 4) is 11.1 Å². The lowest BCUT2D eigenvalue weighted by atomic mass is 9.86. The Labute approximate surface area is 139 Å². The van der Waals surface area contributed by atoms with E-state index in [2.05, 4.69) is 29.9 Å². The lowest BCUT2D eigenvalue weighted by molar-refractivity contribution is 0.112. The van der Waals surface area contributed by atoms with Gasteiger partial charge in [0, 0.05) is 24.2 Å². The van der Waals surface area contributed by atoms with E-state index in [1.165, 1.54) is 42.0 Å². The van der Waals surface area contributed by atoms with Gasteiger partial charge in [-0.3, -0.25) is 4.79 Å². The summed E-state index contributed by atoms with van der Waals surface area (Å²) in [6.07, 6.45) is 6.39. The normalized spacial score (nSPS) is 21.4. The number of fused-ring (bicyclic) bond motifs is 7. The summed E-state index contributed by atoms with van der Waals surface area (Å²) in [5, 5.41) is 1.09. The molecule has 1 saturated carbocycles. The standard InChI is InChI=1S/C21H18FNO/c1-23-8-7-16-18(15-4-2-3-14(11-24)20(15)22)10-17-12-5-6-13(9-12)19(17)21(16)23/h2-4,7-8,10-13H,5-6,9H2,1H3. The number of aryl methyl sites for hydroxylation is 1. The smallest absolute Gasteiger partial charge is 0.153 e. The average Bonchev–Trinajstić information content (AvgIpc) is 3.30. The number of hydrogen-bond acceptors (Lipinski definition) is 1. The Morgan fingerprint density at radius 2 is 2.00 bits per heavy atom. The Morgan fingerprint density at radius 1 is 1.17 bits per heavy atom. The number of rotatable bonds is 2. The second kappa shape index (κ2) is 4.79. The summed E-state index contributed by atoms with van der Waals surface area (Å²) >= 11 is 0.